The van der Waals surface area contributed by atoms with Gasteiger partial charge < -0.3 is 5.73 Å². The second-order valence-corrected chi connectivity index (χ2v) is 2.71. The summed E-state index contributed by atoms with van der Waals surface area (Å²) in [6.45, 7) is 1.95. The second-order valence-electron chi connectivity index (χ2n) is 2.71. The van der Waals surface area contributed by atoms with E-state index in [1.54, 1.807) is 6.92 Å². The Hall–Kier alpha value is -1.10. The molecule has 0 unspecified atom stereocenters. The number of primary amides is 1. The van der Waals surface area contributed by atoms with E-state index in [-0.39, 0.29) is 18.4 Å². The van der Waals surface area contributed by atoms with E-state index < -0.39 is 0 Å². The smallest absolute Gasteiger partial charge is 0.233 e. The number of carbonyl (C=O) groups excluding carboxylic acids is 2. The van der Waals surface area contributed by atoms with Crippen LogP contribution < -0.4 is 5.73 Å². The van der Waals surface area contributed by atoms with Crippen molar-refractivity contribution in [1.82, 2.24) is 5.06 Å². The molecule has 0 heterocycles. The fraction of sp³-hybridized carbons (Fsp3) is 0.714. The molecule has 0 fully saturated rings. The van der Waals surface area contributed by atoms with Gasteiger partial charge in [0, 0.05) is 12.5 Å². The van der Waals surface area contributed by atoms with Gasteiger partial charge in [-0.15, -0.1) is 0 Å². The molecular formula is C7H14N2O3. The number of nitrogens with two attached hydrogens (primary N) is 1. The highest BCUT2D eigenvalue weighted by Crippen LogP contribution is 2.04. The van der Waals surface area contributed by atoms with Crippen molar-refractivity contribution in [3.8, 4) is 0 Å². The third-order valence-corrected chi connectivity index (χ3v) is 1.63. The topological polar surface area (TPSA) is 83.6 Å². The first-order chi connectivity index (χ1) is 5.57. The Balaban J connectivity index is 3.43. The average Bonchev–Trinajstić information content (AvgIpc) is 2.03. The van der Waals surface area contributed by atoms with Crippen LogP contribution in [0.1, 0.15) is 19.8 Å². The molecule has 0 aliphatic heterocycles. The predicted octanol–water partition coefficient (Wildman–Crippen LogP) is -0.264. The summed E-state index contributed by atoms with van der Waals surface area (Å²) in [6.07, 6.45) is 1.48. The van der Waals surface area contributed by atoms with E-state index in [4.69, 9.17) is 10.9 Å². The summed E-state index contributed by atoms with van der Waals surface area (Å²) in [5.74, 6) is -0.560. The maximum absolute atomic E-state index is 10.5. The molecule has 0 bridgehead atoms. The van der Waals surface area contributed by atoms with Gasteiger partial charge in [0.15, 0.2) is 0 Å². The number of amides is 2. The summed E-state index contributed by atoms with van der Waals surface area (Å²) >= 11 is 0. The van der Waals surface area contributed by atoms with Crippen molar-refractivity contribution in [2.75, 3.05) is 6.54 Å². The van der Waals surface area contributed by atoms with Gasteiger partial charge in [-0.25, -0.2) is 5.06 Å². The van der Waals surface area contributed by atoms with E-state index in [0.29, 0.717) is 24.3 Å². The van der Waals surface area contributed by atoms with Crippen molar-refractivity contribution in [3.63, 3.8) is 0 Å². The number of carbonyl (C=O) groups is 2. The largest absolute Gasteiger partial charge is 0.369 e. The molecule has 2 amide bonds. The molecule has 0 rings (SSSR count). The Labute approximate surface area is 71.1 Å². The van der Waals surface area contributed by atoms with Gasteiger partial charge in [-0.1, -0.05) is 6.92 Å². The minimum absolute atomic E-state index is 0.204. The molecule has 0 aromatic carbocycles. The summed E-state index contributed by atoms with van der Waals surface area (Å²) in [4.78, 5) is 20.4. The zero-order chi connectivity index (χ0) is 9.56. The standard InChI is InChI=1S/C7H14N2O3/c1-6(7(8)11)3-2-4-9(12)5-10/h5-6,12H,2-4H2,1H3,(H2,8,11)/t6-/m0/s1. The highest BCUT2D eigenvalue weighted by molar-refractivity contribution is 5.76. The van der Waals surface area contributed by atoms with Crippen molar-refractivity contribution in [3.05, 3.63) is 0 Å². The Kier molecular flexibility index (Phi) is 5.03. The van der Waals surface area contributed by atoms with Crippen molar-refractivity contribution in [1.29, 1.82) is 0 Å². The first-order valence-electron chi connectivity index (χ1n) is 3.78. The summed E-state index contributed by atoms with van der Waals surface area (Å²) < 4.78 is 0. The van der Waals surface area contributed by atoms with Gasteiger partial charge in [0.1, 0.15) is 0 Å². The number of hydrogen-bond donors (Lipinski definition) is 2. The Morgan fingerprint density at radius 3 is 2.75 bits per heavy atom. The van der Waals surface area contributed by atoms with E-state index in [2.05, 4.69) is 0 Å². The maximum Gasteiger partial charge on any atom is 0.233 e. The zero-order valence-electron chi connectivity index (χ0n) is 7.06. The van der Waals surface area contributed by atoms with Crippen LogP contribution in [0.2, 0.25) is 0 Å². The first-order valence-corrected chi connectivity index (χ1v) is 3.78. The van der Waals surface area contributed by atoms with Gasteiger partial charge in [-0.2, -0.15) is 0 Å². The molecule has 3 N–H and O–H groups in total. The molecule has 5 nitrogen and oxygen atoms in total. The lowest BCUT2D eigenvalue weighted by Gasteiger charge is -2.09. The van der Waals surface area contributed by atoms with Gasteiger partial charge in [0.05, 0.1) is 0 Å². The fourth-order valence-corrected chi connectivity index (χ4v) is 0.754. The molecule has 5 heteroatoms. The third kappa shape index (κ3) is 4.68. The molecule has 0 aliphatic rings. The molecule has 0 aromatic heterocycles. The lowest BCUT2D eigenvalue weighted by Crippen LogP contribution is -2.23. The Bertz CT molecular complexity index is 161. The fourth-order valence-electron chi connectivity index (χ4n) is 0.754. The minimum atomic E-state index is -0.356. The molecular weight excluding hydrogens is 160 g/mol. The summed E-state index contributed by atoms with van der Waals surface area (Å²) in [6, 6.07) is 0. The summed E-state index contributed by atoms with van der Waals surface area (Å²) in [5, 5.41) is 9.21. The first kappa shape index (κ1) is 10.9. The van der Waals surface area contributed by atoms with E-state index in [9.17, 15) is 9.59 Å². The van der Waals surface area contributed by atoms with E-state index in [0.717, 1.165) is 0 Å². The van der Waals surface area contributed by atoms with E-state index in [1.807, 2.05) is 0 Å². The number of rotatable bonds is 6. The van der Waals surface area contributed by atoms with Crippen LogP contribution in [-0.2, 0) is 9.59 Å². The zero-order valence-corrected chi connectivity index (χ0v) is 7.06. The van der Waals surface area contributed by atoms with Gasteiger partial charge in [-0.05, 0) is 12.8 Å². The lowest BCUT2D eigenvalue weighted by molar-refractivity contribution is -0.149. The quantitative estimate of drug-likeness (QED) is 0.330. The highest BCUT2D eigenvalue weighted by Gasteiger charge is 2.08. The third-order valence-electron chi connectivity index (χ3n) is 1.63. The number of nitrogens with zero attached hydrogens (tertiary/aromatic N) is 1. The van der Waals surface area contributed by atoms with Crippen LogP contribution in [0.15, 0.2) is 0 Å². The molecule has 12 heavy (non-hydrogen) atoms. The van der Waals surface area contributed by atoms with E-state index >= 15 is 0 Å². The Morgan fingerprint density at radius 1 is 1.75 bits per heavy atom. The highest BCUT2D eigenvalue weighted by atomic mass is 16.5. The van der Waals surface area contributed by atoms with Gasteiger partial charge in [0.25, 0.3) is 0 Å². The maximum atomic E-state index is 10.5. The normalized spacial score (nSPS) is 12.2. The lowest BCUT2D eigenvalue weighted by atomic mass is 10.1. The molecule has 0 aromatic rings. The predicted molar refractivity (Wildman–Crippen MR) is 42.1 cm³/mol. The van der Waals surface area contributed by atoms with Crippen LogP contribution in [0.3, 0.4) is 0 Å². The summed E-state index contributed by atoms with van der Waals surface area (Å²) in [5.41, 5.74) is 5.00. The van der Waals surface area contributed by atoms with Crippen LogP contribution in [0.5, 0.6) is 0 Å². The number of hydrogen-bond acceptors (Lipinski definition) is 3. The monoisotopic (exact) mass is 174 g/mol. The van der Waals surface area contributed by atoms with Crippen molar-refractivity contribution < 1.29 is 14.8 Å². The summed E-state index contributed by atoms with van der Waals surface area (Å²) in [7, 11) is 0. The van der Waals surface area contributed by atoms with Crippen LogP contribution >= 0.6 is 0 Å². The SMILES string of the molecule is C[C@@H](CCCN(O)C=O)C(N)=O. The van der Waals surface area contributed by atoms with Crippen LogP contribution in [0, 0.1) is 5.92 Å². The van der Waals surface area contributed by atoms with Crippen LogP contribution in [0.4, 0.5) is 0 Å². The van der Waals surface area contributed by atoms with E-state index in [1.165, 1.54) is 0 Å². The minimum Gasteiger partial charge on any atom is -0.369 e. The van der Waals surface area contributed by atoms with Crippen LogP contribution in [-0.4, -0.2) is 29.1 Å². The number of hydroxylamine groups is 2. The van der Waals surface area contributed by atoms with Gasteiger partial charge >= 0.3 is 0 Å². The second kappa shape index (κ2) is 5.54. The Morgan fingerprint density at radius 2 is 2.33 bits per heavy atom. The van der Waals surface area contributed by atoms with Crippen molar-refractivity contribution in [2.45, 2.75) is 19.8 Å². The average molecular weight is 174 g/mol. The molecule has 0 saturated carbocycles. The van der Waals surface area contributed by atoms with Gasteiger partial charge in [0.2, 0.25) is 12.3 Å². The molecule has 1 atom stereocenters. The van der Waals surface area contributed by atoms with Crippen LogP contribution in [0.25, 0.3) is 0 Å². The van der Waals surface area contributed by atoms with Gasteiger partial charge in [-0.3, -0.25) is 14.8 Å². The molecule has 0 spiro atoms. The van der Waals surface area contributed by atoms with Crippen molar-refractivity contribution >= 4 is 12.3 Å². The molecule has 0 radical (unpaired) electrons. The molecule has 0 aliphatic carbocycles. The van der Waals surface area contributed by atoms with Crippen molar-refractivity contribution in [2.24, 2.45) is 11.7 Å². The molecule has 70 valence electrons. The molecule has 0 saturated heterocycles.